The molecule has 0 fully saturated rings. The lowest BCUT2D eigenvalue weighted by atomic mass is 10.2. The number of carbonyl (C=O) groups excluding carboxylic acids is 1. The fraction of sp³-hybridized carbons (Fsp3) is 0.125. The second-order valence-electron chi connectivity index (χ2n) is 4.31. The summed E-state index contributed by atoms with van der Waals surface area (Å²) in [6.07, 6.45) is 0. The van der Waals surface area contributed by atoms with Crippen LogP contribution >= 0.6 is 11.6 Å². The number of rotatable bonds is 4. The number of carbonyl (C=O) groups is 1. The van der Waals surface area contributed by atoms with Crippen LogP contribution in [0.3, 0.4) is 0 Å². The van der Waals surface area contributed by atoms with Crippen molar-refractivity contribution >= 4 is 17.6 Å². The van der Waals surface area contributed by atoms with Crippen molar-refractivity contribution in [2.75, 3.05) is 6.61 Å². The van der Waals surface area contributed by atoms with Crippen LogP contribution in [-0.2, 0) is 4.79 Å². The average Bonchev–Trinajstić information content (AvgIpc) is 2.47. The Morgan fingerprint density at radius 2 is 1.95 bits per heavy atom. The molecule has 0 aliphatic heterocycles. The minimum atomic E-state index is -0.519. The van der Waals surface area contributed by atoms with Gasteiger partial charge in [-0.1, -0.05) is 11.6 Å². The van der Waals surface area contributed by atoms with Gasteiger partial charge in [0.1, 0.15) is 11.5 Å². The van der Waals surface area contributed by atoms with Gasteiger partial charge in [-0.05, 0) is 55.0 Å². The van der Waals surface area contributed by atoms with Crippen LogP contribution in [0.15, 0.2) is 42.5 Å². The van der Waals surface area contributed by atoms with Crippen LogP contribution in [0.4, 0.5) is 0 Å². The molecule has 0 atom stereocenters. The van der Waals surface area contributed by atoms with Crippen molar-refractivity contribution in [2.45, 2.75) is 6.92 Å². The van der Waals surface area contributed by atoms with Crippen LogP contribution in [0.1, 0.15) is 11.1 Å². The van der Waals surface area contributed by atoms with Gasteiger partial charge in [0.2, 0.25) is 0 Å². The van der Waals surface area contributed by atoms with Crippen LogP contribution in [0.25, 0.3) is 0 Å². The summed E-state index contributed by atoms with van der Waals surface area (Å²) < 4.78 is 10.5. The molecule has 0 heterocycles. The van der Waals surface area contributed by atoms with E-state index in [2.05, 4.69) is 0 Å². The van der Waals surface area contributed by atoms with E-state index in [1.54, 1.807) is 42.5 Å². The maximum Gasteiger partial charge on any atom is 0.349 e. The second-order valence-corrected chi connectivity index (χ2v) is 4.75. The zero-order chi connectivity index (χ0) is 15.2. The van der Waals surface area contributed by atoms with Gasteiger partial charge in [0.05, 0.1) is 11.6 Å². The summed E-state index contributed by atoms with van der Waals surface area (Å²) in [4.78, 5) is 11.7. The summed E-state index contributed by atoms with van der Waals surface area (Å²) in [5.74, 6) is 0.431. The number of nitriles is 1. The number of ether oxygens (including phenoxy) is 2. The Bertz CT molecular complexity index is 690. The number of aryl methyl sites for hydroxylation is 1. The van der Waals surface area contributed by atoms with Gasteiger partial charge in [-0.15, -0.1) is 0 Å². The van der Waals surface area contributed by atoms with Gasteiger partial charge < -0.3 is 9.47 Å². The minimum Gasteiger partial charge on any atom is -0.482 e. The van der Waals surface area contributed by atoms with Crippen molar-refractivity contribution in [3.05, 3.63) is 58.6 Å². The summed E-state index contributed by atoms with van der Waals surface area (Å²) >= 11 is 5.84. The number of benzene rings is 2. The molecule has 4 nitrogen and oxygen atoms in total. The standard InChI is InChI=1S/C16H12ClNO3/c1-11-8-13(17)4-7-15(11)20-10-16(19)21-14-5-2-12(9-18)3-6-14/h2-8H,10H2,1H3. The van der Waals surface area contributed by atoms with Crippen LogP contribution < -0.4 is 9.47 Å². The van der Waals surface area contributed by atoms with E-state index in [0.717, 1.165) is 5.56 Å². The monoisotopic (exact) mass is 301 g/mol. The molecule has 106 valence electrons. The zero-order valence-corrected chi connectivity index (χ0v) is 12.1. The lowest BCUT2D eigenvalue weighted by molar-refractivity contribution is -0.136. The summed E-state index contributed by atoms with van der Waals surface area (Å²) in [6.45, 7) is 1.63. The third kappa shape index (κ3) is 4.23. The Morgan fingerprint density at radius 3 is 2.57 bits per heavy atom. The van der Waals surface area contributed by atoms with Crippen molar-refractivity contribution in [3.8, 4) is 17.6 Å². The molecule has 2 rings (SSSR count). The highest BCUT2D eigenvalue weighted by Crippen LogP contribution is 2.21. The summed E-state index contributed by atoms with van der Waals surface area (Å²) in [5, 5.41) is 9.29. The Balaban J connectivity index is 1.91. The first kappa shape index (κ1) is 14.9. The van der Waals surface area contributed by atoms with E-state index in [4.69, 9.17) is 26.3 Å². The number of halogens is 1. The Morgan fingerprint density at radius 1 is 1.24 bits per heavy atom. The summed E-state index contributed by atoms with van der Waals surface area (Å²) in [7, 11) is 0. The molecular weight excluding hydrogens is 290 g/mol. The van der Waals surface area contributed by atoms with Gasteiger partial charge >= 0.3 is 5.97 Å². The van der Waals surface area contributed by atoms with Crippen molar-refractivity contribution in [2.24, 2.45) is 0 Å². The molecule has 0 saturated heterocycles. The van der Waals surface area contributed by atoms with E-state index in [9.17, 15) is 4.79 Å². The molecule has 0 saturated carbocycles. The highest BCUT2D eigenvalue weighted by Gasteiger charge is 2.08. The molecule has 0 aromatic heterocycles. The van der Waals surface area contributed by atoms with Gasteiger partial charge in [0, 0.05) is 5.02 Å². The zero-order valence-electron chi connectivity index (χ0n) is 11.3. The fourth-order valence-electron chi connectivity index (χ4n) is 1.67. The fourth-order valence-corrected chi connectivity index (χ4v) is 1.90. The van der Waals surface area contributed by atoms with Crippen molar-refractivity contribution in [1.82, 2.24) is 0 Å². The third-order valence-electron chi connectivity index (χ3n) is 2.70. The maximum atomic E-state index is 11.7. The van der Waals surface area contributed by atoms with Crippen LogP contribution in [0.5, 0.6) is 11.5 Å². The number of esters is 1. The molecule has 21 heavy (non-hydrogen) atoms. The van der Waals surface area contributed by atoms with Gasteiger partial charge in [-0.2, -0.15) is 5.26 Å². The molecule has 0 unspecified atom stereocenters. The van der Waals surface area contributed by atoms with E-state index in [-0.39, 0.29) is 6.61 Å². The molecular formula is C16H12ClNO3. The van der Waals surface area contributed by atoms with Crippen LogP contribution in [-0.4, -0.2) is 12.6 Å². The molecule has 0 aliphatic rings. The Labute approximate surface area is 127 Å². The average molecular weight is 302 g/mol. The highest BCUT2D eigenvalue weighted by molar-refractivity contribution is 6.30. The Kier molecular flexibility index (Phi) is 4.81. The topological polar surface area (TPSA) is 59.3 Å². The molecule has 2 aromatic carbocycles. The van der Waals surface area contributed by atoms with Crippen molar-refractivity contribution in [1.29, 1.82) is 5.26 Å². The first-order valence-electron chi connectivity index (χ1n) is 6.18. The van der Waals surface area contributed by atoms with E-state index in [0.29, 0.717) is 22.1 Å². The second kappa shape index (κ2) is 6.78. The lowest BCUT2D eigenvalue weighted by Gasteiger charge is -2.09. The smallest absolute Gasteiger partial charge is 0.349 e. The summed E-state index contributed by atoms with van der Waals surface area (Å²) in [6, 6.07) is 13.4. The van der Waals surface area contributed by atoms with Gasteiger partial charge in [-0.3, -0.25) is 0 Å². The minimum absolute atomic E-state index is 0.206. The summed E-state index contributed by atoms with van der Waals surface area (Å²) in [5.41, 5.74) is 1.34. The third-order valence-corrected chi connectivity index (χ3v) is 2.93. The highest BCUT2D eigenvalue weighted by atomic mass is 35.5. The van der Waals surface area contributed by atoms with E-state index in [1.165, 1.54) is 0 Å². The van der Waals surface area contributed by atoms with Gasteiger partial charge in [0.15, 0.2) is 6.61 Å². The quantitative estimate of drug-likeness (QED) is 0.640. The predicted octanol–water partition coefficient (Wildman–Crippen LogP) is 3.50. The van der Waals surface area contributed by atoms with E-state index < -0.39 is 5.97 Å². The SMILES string of the molecule is Cc1cc(Cl)ccc1OCC(=O)Oc1ccc(C#N)cc1. The molecule has 0 radical (unpaired) electrons. The maximum absolute atomic E-state index is 11.7. The molecule has 5 heteroatoms. The van der Waals surface area contributed by atoms with Crippen LogP contribution in [0, 0.1) is 18.3 Å². The molecule has 0 aliphatic carbocycles. The Hall–Kier alpha value is -2.51. The number of nitrogens with zero attached hydrogens (tertiary/aromatic N) is 1. The normalized spacial score (nSPS) is 9.76. The largest absolute Gasteiger partial charge is 0.482 e. The van der Waals surface area contributed by atoms with Gasteiger partial charge in [0.25, 0.3) is 0 Å². The van der Waals surface area contributed by atoms with Crippen LogP contribution in [0.2, 0.25) is 5.02 Å². The van der Waals surface area contributed by atoms with Gasteiger partial charge in [-0.25, -0.2) is 4.79 Å². The number of hydrogen-bond donors (Lipinski definition) is 0. The predicted molar refractivity (Wildman–Crippen MR) is 78.5 cm³/mol. The van der Waals surface area contributed by atoms with Crippen molar-refractivity contribution < 1.29 is 14.3 Å². The molecule has 0 N–H and O–H groups in total. The van der Waals surface area contributed by atoms with E-state index >= 15 is 0 Å². The van der Waals surface area contributed by atoms with E-state index in [1.807, 2.05) is 13.0 Å². The molecule has 0 spiro atoms. The lowest BCUT2D eigenvalue weighted by Crippen LogP contribution is -2.18. The molecule has 0 amide bonds. The molecule has 0 bridgehead atoms. The number of hydrogen-bond acceptors (Lipinski definition) is 4. The molecule has 2 aromatic rings. The van der Waals surface area contributed by atoms with Crippen molar-refractivity contribution in [3.63, 3.8) is 0 Å². The first-order chi connectivity index (χ1) is 10.1. The first-order valence-corrected chi connectivity index (χ1v) is 6.56.